The molecule has 2 saturated heterocycles. The minimum Gasteiger partial charge on any atom is -0.278 e. The summed E-state index contributed by atoms with van der Waals surface area (Å²) in [5, 5.41) is 4.49. The third-order valence-corrected chi connectivity index (χ3v) is 4.13. The number of nitrogens with zero attached hydrogens (tertiary/aromatic N) is 1. The molecule has 6 nitrogen and oxygen atoms in total. The van der Waals surface area contributed by atoms with Gasteiger partial charge in [-0.2, -0.15) is 0 Å². The zero-order chi connectivity index (χ0) is 14.9. The first kappa shape index (κ1) is 13.8. The van der Waals surface area contributed by atoms with Gasteiger partial charge in [-0.3, -0.25) is 25.1 Å². The molecule has 1 aromatic carbocycles. The largest absolute Gasteiger partial charge is 0.328 e. The van der Waals surface area contributed by atoms with Crippen molar-refractivity contribution in [2.75, 3.05) is 13.1 Å². The second-order valence-electron chi connectivity index (χ2n) is 5.36. The normalized spacial score (nSPS) is 22.6. The maximum Gasteiger partial charge on any atom is 0.328 e. The molecule has 2 aliphatic heterocycles. The van der Waals surface area contributed by atoms with Gasteiger partial charge in [-0.15, -0.1) is 0 Å². The van der Waals surface area contributed by atoms with Crippen LogP contribution in [0.3, 0.4) is 0 Å². The van der Waals surface area contributed by atoms with Gasteiger partial charge in [-0.25, -0.2) is 4.79 Å². The molecule has 2 heterocycles. The molecule has 110 valence electrons. The highest BCUT2D eigenvalue weighted by atomic mass is 16.2. The Morgan fingerprint density at radius 2 is 1.43 bits per heavy atom. The van der Waals surface area contributed by atoms with E-state index >= 15 is 0 Å². The lowest BCUT2D eigenvalue weighted by Crippen LogP contribution is -2.71. The first-order valence-corrected chi connectivity index (χ1v) is 7.13. The summed E-state index contributed by atoms with van der Waals surface area (Å²) in [4.78, 5) is 38.5. The molecule has 0 radical (unpaired) electrons. The molecular weight excluding hydrogens is 270 g/mol. The molecule has 21 heavy (non-hydrogen) atoms. The highest BCUT2D eigenvalue weighted by Gasteiger charge is 2.55. The Balaban J connectivity index is 2.12. The van der Waals surface area contributed by atoms with Crippen LogP contribution in [0.25, 0.3) is 0 Å². The summed E-state index contributed by atoms with van der Waals surface area (Å²) in [6.45, 7) is 1.31. The molecule has 2 aliphatic rings. The number of nitrogens with one attached hydrogen (secondary N) is 2. The van der Waals surface area contributed by atoms with Crippen molar-refractivity contribution < 1.29 is 14.4 Å². The number of imide groups is 2. The van der Waals surface area contributed by atoms with Crippen molar-refractivity contribution in [3.8, 4) is 0 Å². The minimum atomic E-state index is -1.45. The fourth-order valence-electron chi connectivity index (χ4n) is 3.16. The fraction of sp³-hybridized carbons (Fsp3) is 0.400. The van der Waals surface area contributed by atoms with Crippen LogP contribution < -0.4 is 10.6 Å². The molecule has 1 aromatic rings. The number of hydrogen-bond acceptors (Lipinski definition) is 4. The number of benzene rings is 1. The third-order valence-electron chi connectivity index (χ3n) is 4.13. The van der Waals surface area contributed by atoms with E-state index < -0.39 is 23.4 Å². The molecule has 3 rings (SSSR count). The molecule has 0 unspecified atom stereocenters. The molecule has 2 N–H and O–H groups in total. The van der Waals surface area contributed by atoms with E-state index in [4.69, 9.17) is 0 Å². The quantitative estimate of drug-likeness (QED) is 0.786. The zero-order valence-corrected chi connectivity index (χ0v) is 11.6. The van der Waals surface area contributed by atoms with E-state index in [1.54, 1.807) is 24.3 Å². The highest BCUT2D eigenvalue weighted by Crippen LogP contribution is 2.33. The highest BCUT2D eigenvalue weighted by molar-refractivity contribution is 6.22. The van der Waals surface area contributed by atoms with Crippen molar-refractivity contribution in [2.45, 2.75) is 24.8 Å². The Hall–Kier alpha value is -2.21. The maximum absolute atomic E-state index is 12.6. The van der Waals surface area contributed by atoms with Gasteiger partial charge in [0.05, 0.1) is 0 Å². The van der Waals surface area contributed by atoms with Crippen LogP contribution in [0.1, 0.15) is 24.8 Å². The molecule has 0 aliphatic carbocycles. The van der Waals surface area contributed by atoms with E-state index in [1.807, 2.05) is 11.0 Å². The second-order valence-corrected chi connectivity index (χ2v) is 5.36. The summed E-state index contributed by atoms with van der Waals surface area (Å²) in [6.07, 6.45) is 2.95. The summed E-state index contributed by atoms with van der Waals surface area (Å²) in [5.41, 5.74) is -0.857. The summed E-state index contributed by atoms with van der Waals surface area (Å²) >= 11 is 0. The third kappa shape index (κ3) is 2.12. The molecule has 0 saturated carbocycles. The van der Waals surface area contributed by atoms with Gasteiger partial charge in [0.15, 0.2) is 0 Å². The van der Waals surface area contributed by atoms with Crippen LogP contribution in [-0.2, 0) is 15.1 Å². The van der Waals surface area contributed by atoms with E-state index in [2.05, 4.69) is 10.6 Å². The van der Waals surface area contributed by atoms with E-state index in [-0.39, 0.29) is 0 Å². The molecular formula is C15H17N3O3. The number of rotatable bonds is 2. The van der Waals surface area contributed by atoms with Gasteiger partial charge < -0.3 is 0 Å². The molecule has 4 amide bonds. The Labute approximate surface area is 122 Å². The smallest absolute Gasteiger partial charge is 0.278 e. The number of barbiturate groups is 1. The van der Waals surface area contributed by atoms with Crippen molar-refractivity contribution in [1.29, 1.82) is 0 Å². The Morgan fingerprint density at radius 3 is 2.00 bits per heavy atom. The SMILES string of the molecule is O=C1NC(=O)C(c2ccccc2)(N2CCCCC2)C(=O)N1. The van der Waals surface area contributed by atoms with Crippen LogP contribution in [0, 0.1) is 0 Å². The van der Waals surface area contributed by atoms with Gasteiger partial charge in [-0.05, 0) is 31.5 Å². The molecule has 0 bridgehead atoms. The molecule has 6 heteroatoms. The number of urea groups is 1. The lowest BCUT2D eigenvalue weighted by atomic mass is 9.83. The Kier molecular flexibility index (Phi) is 3.47. The number of carbonyl (C=O) groups is 3. The van der Waals surface area contributed by atoms with E-state index in [0.29, 0.717) is 18.7 Å². The predicted molar refractivity (Wildman–Crippen MR) is 75.2 cm³/mol. The Morgan fingerprint density at radius 1 is 0.857 bits per heavy atom. The number of hydrogen-bond donors (Lipinski definition) is 2. The van der Waals surface area contributed by atoms with Gasteiger partial charge in [0.25, 0.3) is 11.8 Å². The van der Waals surface area contributed by atoms with Gasteiger partial charge in [0, 0.05) is 0 Å². The minimum absolute atomic E-state index is 0.565. The second kappa shape index (κ2) is 5.29. The van der Waals surface area contributed by atoms with Gasteiger partial charge in [-0.1, -0.05) is 36.8 Å². The maximum atomic E-state index is 12.6. The number of amides is 4. The first-order chi connectivity index (χ1) is 10.2. The standard InChI is InChI=1S/C15H17N3O3/c19-12-15(11-7-3-1-4-8-11,13(20)17-14(21)16-12)18-9-5-2-6-10-18/h1,3-4,7-8H,2,5-6,9-10H2,(H2,16,17,19,20,21). The van der Waals surface area contributed by atoms with Crippen molar-refractivity contribution in [3.63, 3.8) is 0 Å². The number of likely N-dealkylation sites (tertiary alicyclic amines) is 1. The monoisotopic (exact) mass is 287 g/mol. The van der Waals surface area contributed by atoms with Gasteiger partial charge in [0.1, 0.15) is 0 Å². The van der Waals surface area contributed by atoms with Crippen LogP contribution in [0.4, 0.5) is 4.79 Å². The van der Waals surface area contributed by atoms with Crippen molar-refractivity contribution in [2.24, 2.45) is 0 Å². The van der Waals surface area contributed by atoms with Crippen LogP contribution in [0.15, 0.2) is 30.3 Å². The zero-order valence-electron chi connectivity index (χ0n) is 11.6. The topological polar surface area (TPSA) is 78.5 Å². The summed E-state index contributed by atoms with van der Waals surface area (Å²) in [5.74, 6) is -1.13. The first-order valence-electron chi connectivity index (χ1n) is 7.13. The van der Waals surface area contributed by atoms with Gasteiger partial charge >= 0.3 is 6.03 Å². The molecule has 0 spiro atoms. The summed E-state index contributed by atoms with van der Waals surface area (Å²) in [6, 6.07) is 8.16. The number of piperidine rings is 1. The van der Waals surface area contributed by atoms with Crippen LogP contribution in [-0.4, -0.2) is 35.8 Å². The van der Waals surface area contributed by atoms with E-state index in [1.165, 1.54) is 0 Å². The lowest BCUT2D eigenvalue weighted by molar-refractivity contribution is -0.149. The Bertz CT molecular complexity index is 559. The molecule has 0 atom stereocenters. The van der Waals surface area contributed by atoms with Crippen LogP contribution in [0.5, 0.6) is 0 Å². The average Bonchev–Trinajstić information content (AvgIpc) is 2.49. The van der Waals surface area contributed by atoms with E-state index in [9.17, 15) is 14.4 Å². The predicted octanol–water partition coefficient (Wildman–Crippen LogP) is 0.734. The van der Waals surface area contributed by atoms with Crippen LogP contribution in [0.2, 0.25) is 0 Å². The van der Waals surface area contributed by atoms with Crippen molar-refractivity contribution in [3.05, 3.63) is 35.9 Å². The summed E-state index contributed by atoms with van der Waals surface area (Å²) in [7, 11) is 0. The van der Waals surface area contributed by atoms with Gasteiger partial charge in [0.2, 0.25) is 5.54 Å². The van der Waals surface area contributed by atoms with E-state index in [0.717, 1.165) is 19.3 Å². The lowest BCUT2D eigenvalue weighted by Gasteiger charge is -2.44. The number of carbonyl (C=O) groups excluding carboxylic acids is 3. The average molecular weight is 287 g/mol. The van der Waals surface area contributed by atoms with Crippen molar-refractivity contribution >= 4 is 17.8 Å². The summed E-state index contributed by atoms with van der Waals surface area (Å²) < 4.78 is 0. The van der Waals surface area contributed by atoms with Crippen LogP contribution >= 0.6 is 0 Å². The fourth-order valence-corrected chi connectivity index (χ4v) is 3.16. The van der Waals surface area contributed by atoms with Crippen molar-refractivity contribution in [1.82, 2.24) is 15.5 Å². The molecule has 2 fully saturated rings. The molecule has 0 aromatic heterocycles.